The minimum atomic E-state index is -0.741. The molecule has 0 bridgehead atoms. The summed E-state index contributed by atoms with van der Waals surface area (Å²) in [7, 11) is 1.79. The Hall–Kier alpha value is -0.610. The van der Waals surface area contributed by atoms with Crippen molar-refractivity contribution in [1.82, 2.24) is 0 Å². The molecule has 4 nitrogen and oxygen atoms in total. The summed E-state index contributed by atoms with van der Waals surface area (Å²) in [5.74, 6) is -0.741. The minimum Gasteiger partial charge on any atom is -0.481 e. The molecule has 0 spiro atoms. The van der Waals surface area contributed by atoms with Crippen molar-refractivity contribution in [2.75, 3.05) is 7.11 Å². The molecule has 1 aliphatic rings. The first-order valence-electron chi connectivity index (χ1n) is 8.28. The quantitative estimate of drug-likeness (QED) is 0.539. The molecular formula is C17H32O4. The molecule has 1 atom stereocenters. The number of ether oxygens (including phenoxy) is 1. The number of carboxylic acids is 1. The lowest BCUT2D eigenvalue weighted by Gasteiger charge is -2.19. The van der Waals surface area contributed by atoms with Crippen molar-refractivity contribution in [2.45, 2.75) is 89.8 Å². The van der Waals surface area contributed by atoms with Crippen molar-refractivity contribution in [3.05, 3.63) is 0 Å². The van der Waals surface area contributed by atoms with E-state index < -0.39 is 11.4 Å². The molecule has 0 heterocycles. The predicted molar refractivity (Wildman–Crippen MR) is 83.3 cm³/mol. The van der Waals surface area contributed by atoms with Gasteiger partial charge in [0.05, 0.1) is 17.1 Å². The minimum absolute atomic E-state index is 0.174. The smallest absolute Gasteiger partial charge is 0.309 e. The van der Waals surface area contributed by atoms with Crippen LogP contribution in [0.5, 0.6) is 0 Å². The average Bonchev–Trinajstić information content (AvgIpc) is 3.20. The van der Waals surface area contributed by atoms with E-state index in [1.54, 1.807) is 21.0 Å². The van der Waals surface area contributed by atoms with Gasteiger partial charge in [-0.05, 0) is 52.4 Å². The molecular weight excluding hydrogens is 268 g/mol. The van der Waals surface area contributed by atoms with E-state index in [1.807, 2.05) is 0 Å². The summed E-state index contributed by atoms with van der Waals surface area (Å²) in [5, 5.41) is 19.0. The van der Waals surface area contributed by atoms with Crippen LogP contribution in [0.2, 0.25) is 0 Å². The molecule has 124 valence electrons. The summed E-state index contributed by atoms with van der Waals surface area (Å²) in [6, 6.07) is 0. The zero-order valence-corrected chi connectivity index (χ0v) is 13.9. The highest BCUT2D eigenvalue weighted by molar-refractivity contribution is 5.73. The SMILES string of the molecule is COC1(CCCCC(O)CCCCC(C)(C)C(=O)O)CC1. The molecule has 0 aromatic heterocycles. The fourth-order valence-corrected chi connectivity index (χ4v) is 2.72. The van der Waals surface area contributed by atoms with E-state index in [0.29, 0.717) is 6.42 Å². The van der Waals surface area contributed by atoms with E-state index in [-0.39, 0.29) is 11.7 Å². The van der Waals surface area contributed by atoms with Crippen LogP contribution in [0.3, 0.4) is 0 Å². The number of hydrogen-bond acceptors (Lipinski definition) is 3. The molecule has 0 aliphatic heterocycles. The number of carbonyl (C=O) groups is 1. The van der Waals surface area contributed by atoms with Gasteiger partial charge in [0.15, 0.2) is 0 Å². The van der Waals surface area contributed by atoms with Crippen LogP contribution in [-0.2, 0) is 9.53 Å². The molecule has 0 saturated heterocycles. The highest BCUT2D eigenvalue weighted by atomic mass is 16.5. The normalized spacial score (nSPS) is 18.5. The third-order valence-electron chi connectivity index (χ3n) is 4.83. The lowest BCUT2D eigenvalue weighted by molar-refractivity contribution is -0.147. The number of carboxylic acid groups (broad SMARTS) is 1. The molecule has 0 radical (unpaired) electrons. The summed E-state index contributed by atoms with van der Waals surface area (Å²) in [4.78, 5) is 11.0. The van der Waals surface area contributed by atoms with Crippen LogP contribution in [0.1, 0.15) is 78.1 Å². The lowest BCUT2D eigenvalue weighted by Crippen LogP contribution is -2.23. The Balaban J connectivity index is 1.99. The Labute approximate surface area is 128 Å². The summed E-state index contributed by atoms with van der Waals surface area (Å²) >= 11 is 0. The highest BCUT2D eigenvalue weighted by Gasteiger charge is 2.41. The third kappa shape index (κ3) is 6.79. The maximum Gasteiger partial charge on any atom is 0.309 e. The number of aliphatic hydroxyl groups is 1. The van der Waals surface area contributed by atoms with E-state index in [9.17, 15) is 9.90 Å². The van der Waals surface area contributed by atoms with Gasteiger partial charge in [-0.3, -0.25) is 4.79 Å². The van der Waals surface area contributed by atoms with Gasteiger partial charge in [-0.25, -0.2) is 0 Å². The molecule has 1 saturated carbocycles. The number of aliphatic carboxylic acids is 1. The van der Waals surface area contributed by atoms with E-state index in [4.69, 9.17) is 9.84 Å². The van der Waals surface area contributed by atoms with Crippen molar-refractivity contribution >= 4 is 5.97 Å². The topological polar surface area (TPSA) is 66.8 Å². The zero-order chi connectivity index (χ0) is 15.9. The molecule has 0 aromatic carbocycles. The first-order chi connectivity index (χ1) is 9.81. The summed E-state index contributed by atoms with van der Waals surface area (Å²) in [6.07, 6.45) is 9.49. The van der Waals surface area contributed by atoms with Crippen molar-refractivity contribution in [3.63, 3.8) is 0 Å². The van der Waals surface area contributed by atoms with E-state index >= 15 is 0 Å². The van der Waals surface area contributed by atoms with Crippen molar-refractivity contribution in [1.29, 1.82) is 0 Å². The van der Waals surface area contributed by atoms with Gasteiger partial charge in [-0.1, -0.05) is 25.7 Å². The number of aliphatic hydroxyl groups excluding tert-OH is 1. The third-order valence-corrected chi connectivity index (χ3v) is 4.83. The Bertz CT molecular complexity index is 321. The average molecular weight is 300 g/mol. The van der Waals surface area contributed by atoms with Crippen LogP contribution in [0.25, 0.3) is 0 Å². The van der Waals surface area contributed by atoms with Gasteiger partial charge in [-0.15, -0.1) is 0 Å². The maximum absolute atomic E-state index is 11.0. The van der Waals surface area contributed by atoms with Crippen LogP contribution < -0.4 is 0 Å². The van der Waals surface area contributed by atoms with Gasteiger partial charge in [0.1, 0.15) is 0 Å². The van der Waals surface area contributed by atoms with E-state index in [1.165, 1.54) is 12.8 Å². The van der Waals surface area contributed by atoms with E-state index in [2.05, 4.69) is 0 Å². The summed E-state index contributed by atoms with van der Waals surface area (Å²) in [6.45, 7) is 3.52. The molecule has 0 amide bonds. The standard InChI is InChI=1S/C17H32O4/c1-16(2,15(19)20)10-6-4-8-14(18)9-5-7-11-17(21-3)12-13-17/h14,18H,4-13H2,1-3H3,(H,19,20). The molecule has 1 rings (SSSR count). The predicted octanol–water partition coefficient (Wildman–Crippen LogP) is 3.76. The van der Waals surface area contributed by atoms with Crippen LogP contribution >= 0.6 is 0 Å². The Morgan fingerprint density at radius 1 is 1.19 bits per heavy atom. The fraction of sp³-hybridized carbons (Fsp3) is 0.941. The number of rotatable bonds is 12. The second-order valence-electron chi connectivity index (χ2n) is 7.22. The van der Waals surface area contributed by atoms with Crippen molar-refractivity contribution < 1.29 is 19.7 Å². The number of unbranched alkanes of at least 4 members (excludes halogenated alkanes) is 2. The van der Waals surface area contributed by atoms with Gasteiger partial charge in [0, 0.05) is 7.11 Å². The fourth-order valence-electron chi connectivity index (χ4n) is 2.72. The first kappa shape index (κ1) is 18.4. The Kier molecular flexibility index (Phi) is 7.14. The van der Waals surface area contributed by atoms with Crippen LogP contribution in [-0.4, -0.2) is 35.0 Å². The van der Waals surface area contributed by atoms with Gasteiger partial charge in [0.2, 0.25) is 0 Å². The van der Waals surface area contributed by atoms with E-state index in [0.717, 1.165) is 44.9 Å². The Morgan fingerprint density at radius 3 is 2.24 bits per heavy atom. The summed E-state index contributed by atoms with van der Waals surface area (Å²) in [5.41, 5.74) is -0.475. The monoisotopic (exact) mass is 300 g/mol. The van der Waals surface area contributed by atoms with Gasteiger partial charge >= 0.3 is 5.97 Å². The maximum atomic E-state index is 11.0. The van der Waals surface area contributed by atoms with Gasteiger partial charge < -0.3 is 14.9 Å². The number of methoxy groups -OCH3 is 1. The van der Waals surface area contributed by atoms with Crippen LogP contribution in [0, 0.1) is 5.41 Å². The second kappa shape index (κ2) is 8.14. The molecule has 21 heavy (non-hydrogen) atoms. The van der Waals surface area contributed by atoms with Gasteiger partial charge in [0.25, 0.3) is 0 Å². The highest BCUT2D eigenvalue weighted by Crippen LogP contribution is 2.43. The molecule has 1 fully saturated rings. The van der Waals surface area contributed by atoms with Gasteiger partial charge in [-0.2, -0.15) is 0 Å². The summed E-state index contributed by atoms with van der Waals surface area (Å²) < 4.78 is 5.48. The van der Waals surface area contributed by atoms with Crippen LogP contribution in [0.4, 0.5) is 0 Å². The Morgan fingerprint density at radius 2 is 1.76 bits per heavy atom. The lowest BCUT2D eigenvalue weighted by atomic mass is 9.87. The molecule has 4 heteroatoms. The molecule has 1 unspecified atom stereocenters. The number of hydrogen-bond donors (Lipinski definition) is 2. The molecule has 1 aliphatic carbocycles. The van der Waals surface area contributed by atoms with Crippen molar-refractivity contribution in [2.24, 2.45) is 5.41 Å². The van der Waals surface area contributed by atoms with Crippen LogP contribution in [0.15, 0.2) is 0 Å². The van der Waals surface area contributed by atoms with Crippen molar-refractivity contribution in [3.8, 4) is 0 Å². The largest absolute Gasteiger partial charge is 0.481 e. The second-order valence-corrected chi connectivity index (χ2v) is 7.22. The molecule has 0 aromatic rings. The first-order valence-corrected chi connectivity index (χ1v) is 8.28. The molecule has 2 N–H and O–H groups in total. The zero-order valence-electron chi connectivity index (χ0n) is 13.9.